The van der Waals surface area contributed by atoms with Gasteiger partial charge in [0.2, 0.25) is 5.91 Å². The average molecular weight is 295 g/mol. The van der Waals surface area contributed by atoms with E-state index in [1.807, 2.05) is 6.07 Å². The Kier molecular flexibility index (Phi) is 6.61. The third-order valence-electron chi connectivity index (χ3n) is 2.15. The second-order valence-electron chi connectivity index (χ2n) is 5.31. The van der Waals surface area contributed by atoms with Crippen molar-refractivity contribution >= 4 is 12.0 Å². The molecule has 1 rings (SSSR count). The van der Waals surface area contributed by atoms with Crippen molar-refractivity contribution in [2.24, 2.45) is 0 Å². The summed E-state index contributed by atoms with van der Waals surface area (Å²) in [5.74, 6) is -0.331. The molecular weight excluding hydrogens is 274 g/mol. The third kappa shape index (κ3) is 8.59. The number of hydrogen-bond acceptors (Lipinski definition) is 5. The van der Waals surface area contributed by atoms with Gasteiger partial charge in [-0.2, -0.15) is 0 Å². The number of amides is 2. The minimum Gasteiger partial charge on any atom is -0.444 e. The van der Waals surface area contributed by atoms with E-state index in [0.717, 1.165) is 0 Å². The van der Waals surface area contributed by atoms with Gasteiger partial charge in [-0.05, 0) is 32.9 Å². The summed E-state index contributed by atoms with van der Waals surface area (Å²) < 4.78 is 5.04. The Bertz CT molecular complexity index is 457. The molecule has 1 aromatic rings. The van der Waals surface area contributed by atoms with E-state index in [2.05, 4.69) is 15.8 Å². The molecule has 7 nitrogen and oxygen atoms in total. The van der Waals surface area contributed by atoms with Crippen molar-refractivity contribution in [3.8, 4) is 0 Å². The quantitative estimate of drug-likeness (QED) is 0.777. The Hall–Kier alpha value is -2.15. The van der Waals surface area contributed by atoms with Crippen LogP contribution in [0.2, 0.25) is 0 Å². The summed E-state index contributed by atoms with van der Waals surface area (Å²) in [7, 11) is 0. The number of carbonyl (C=O) groups is 2. The van der Waals surface area contributed by atoms with Gasteiger partial charge in [0.1, 0.15) is 12.2 Å². The van der Waals surface area contributed by atoms with Crippen LogP contribution in [0, 0.1) is 0 Å². The molecule has 0 bridgehead atoms. The fraction of sp³-hybridized carbons (Fsp3) is 0.500. The number of hydroxylamine groups is 1. The first-order chi connectivity index (χ1) is 9.87. The maximum atomic E-state index is 11.5. The number of aromatic nitrogens is 1. The van der Waals surface area contributed by atoms with Crippen LogP contribution < -0.4 is 10.8 Å². The predicted octanol–water partition coefficient (Wildman–Crippen LogP) is 1.54. The first-order valence-corrected chi connectivity index (χ1v) is 6.64. The van der Waals surface area contributed by atoms with Crippen LogP contribution in [0.15, 0.2) is 24.4 Å². The van der Waals surface area contributed by atoms with E-state index in [9.17, 15) is 9.59 Å². The highest BCUT2D eigenvalue weighted by Gasteiger charge is 2.15. The van der Waals surface area contributed by atoms with Crippen molar-refractivity contribution in [2.45, 2.75) is 39.4 Å². The zero-order valence-corrected chi connectivity index (χ0v) is 12.5. The minimum absolute atomic E-state index is 0.0987. The van der Waals surface area contributed by atoms with E-state index < -0.39 is 11.7 Å². The predicted molar refractivity (Wildman–Crippen MR) is 76.0 cm³/mol. The molecule has 0 fully saturated rings. The SMILES string of the molecule is CC(C)(C)OC(=O)NCCC(=O)NOCc1ccccn1. The Balaban J connectivity index is 2.10. The highest BCUT2D eigenvalue weighted by atomic mass is 16.6. The van der Waals surface area contributed by atoms with Crippen molar-refractivity contribution in [1.82, 2.24) is 15.8 Å². The summed E-state index contributed by atoms with van der Waals surface area (Å²) in [6, 6.07) is 5.42. The number of rotatable bonds is 6. The first-order valence-electron chi connectivity index (χ1n) is 6.64. The molecule has 21 heavy (non-hydrogen) atoms. The van der Waals surface area contributed by atoms with Gasteiger partial charge in [0.15, 0.2) is 0 Å². The van der Waals surface area contributed by atoms with Crippen LogP contribution >= 0.6 is 0 Å². The lowest BCUT2D eigenvalue weighted by atomic mass is 10.2. The molecule has 116 valence electrons. The Labute approximate surface area is 124 Å². The van der Waals surface area contributed by atoms with Crippen LogP contribution in [0.1, 0.15) is 32.9 Å². The van der Waals surface area contributed by atoms with Crippen LogP contribution in [-0.4, -0.2) is 29.1 Å². The van der Waals surface area contributed by atoms with Gasteiger partial charge in [-0.15, -0.1) is 0 Å². The lowest BCUT2D eigenvalue weighted by Crippen LogP contribution is -2.35. The molecule has 0 atom stereocenters. The molecule has 0 aliphatic rings. The van der Waals surface area contributed by atoms with Gasteiger partial charge in [0.05, 0.1) is 5.69 Å². The van der Waals surface area contributed by atoms with Crippen molar-refractivity contribution in [1.29, 1.82) is 0 Å². The summed E-state index contributed by atoms with van der Waals surface area (Å²) >= 11 is 0. The van der Waals surface area contributed by atoms with E-state index in [1.54, 1.807) is 39.1 Å². The second-order valence-corrected chi connectivity index (χ2v) is 5.31. The molecule has 2 amide bonds. The second kappa shape index (κ2) is 8.21. The summed E-state index contributed by atoms with van der Waals surface area (Å²) in [6.45, 7) is 5.67. The van der Waals surface area contributed by atoms with E-state index in [4.69, 9.17) is 9.57 Å². The molecule has 0 saturated carbocycles. The molecule has 0 aliphatic heterocycles. The van der Waals surface area contributed by atoms with Gasteiger partial charge < -0.3 is 10.1 Å². The van der Waals surface area contributed by atoms with Crippen molar-refractivity contribution in [3.05, 3.63) is 30.1 Å². The number of nitrogens with one attached hydrogen (secondary N) is 2. The number of nitrogens with zero attached hydrogens (tertiary/aromatic N) is 1. The van der Waals surface area contributed by atoms with Crippen LogP contribution in [0.4, 0.5) is 4.79 Å². The molecule has 0 aliphatic carbocycles. The smallest absolute Gasteiger partial charge is 0.407 e. The van der Waals surface area contributed by atoms with E-state index in [1.165, 1.54) is 0 Å². The molecule has 1 aromatic heterocycles. The first kappa shape index (κ1) is 16.9. The number of pyridine rings is 1. The largest absolute Gasteiger partial charge is 0.444 e. The molecule has 0 radical (unpaired) electrons. The maximum absolute atomic E-state index is 11.5. The molecule has 7 heteroatoms. The molecule has 1 heterocycles. The standard InChI is InChI=1S/C14H21N3O4/c1-14(2,3)21-13(19)16-9-7-12(18)17-20-10-11-6-4-5-8-15-11/h4-6,8H,7,9-10H2,1-3H3,(H,16,19)(H,17,18). The third-order valence-corrected chi connectivity index (χ3v) is 2.15. The summed E-state index contributed by atoms with van der Waals surface area (Å²) in [5.41, 5.74) is 2.44. The lowest BCUT2D eigenvalue weighted by molar-refractivity contribution is -0.134. The topological polar surface area (TPSA) is 89.5 Å². The van der Waals surface area contributed by atoms with E-state index in [-0.39, 0.29) is 25.5 Å². The Morgan fingerprint density at radius 1 is 1.29 bits per heavy atom. The zero-order chi connectivity index (χ0) is 15.7. The van der Waals surface area contributed by atoms with E-state index >= 15 is 0 Å². The molecule has 2 N–H and O–H groups in total. The Morgan fingerprint density at radius 3 is 2.67 bits per heavy atom. The minimum atomic E-state index is -0.557. The van der Waals surface area contributed by atoms with Crippen LogP contribution in [-0.2, 0) is 21.0 Å². The normalized spacial score (nSPS) is 10.8. The van der Waals surface area contributed by atoms with Gasteiger partial charge in [-0.1, -0.05) is 6.07 Å². The van der Waals surface area contributed by atoms with E-state index in [0.29, 0.717) is 5.69 Å². The van der Waals surface area contributed by atoms with Crippen LogP contribution in [0.25, 0.3) is 0 Å². The van der Waals surface area contributed by atoms with Gasteiger partial charge in [0.25, 0.3) is 0 Å². The van der Waals surface area contributed by atoms with Crippen molar-refractivity contribution < 1.29 is 19.2 Å². The number of ether oxygens (including phenoxy) is 1. The van der Waals surface area contributed by atoms with Gasteiger partial charge in [-0.3, -0.25) is 14.6 Å². The molecule has 0 aromatic carbocycles. The fourth-order valence-electron chi connectivity index (χ4n) is 1.32. The monoisotopic (exact) mass is 295 g/mol. The number of carbonyl (C=O) groups excluding carboxylic acids is 2. The lowest BCUT2D eigenvalue weighted by Gasteiger charge is -2.19. The van der Waals surface area contributed by atoms with Crippen molar-refractivity contribution in [3.63, 3.8) is 0 Å². The number of hydrogen-bond donors (Lipinski definition) is 2. The summed E-state index contributed by atoms with van der Waals surface area (Å²) in [6.07, 6.45) is 1.19. The summed E-state index contributed by atoms with van der Waals surface area (Å²) in [4.78, 5) is 31.8. The molecule has 0 unspecified atom stereocenters. The summed E-state index contributed by atoms with van der Waals surface area (Å²) in [5, 5.41) is 2.49. The molecule has 0 saturated heterocycles. The highest BCUT2D eigenvalue weighted by molar-refractivity contribution is 5.76. The van der Waals surface area contributed by atoms with Gasteiger partial charge >= 0.3 is 6.09 Å². The van der Waals surface area contributed by atoms with Crippen LogP contribution in [0.5, 0.6) is 0 Å². The van der Waals surface area contributed by atoms with Gasteiger partial charge in [-0.25, -0.2) is 10.3 Å². The highest BCUT2D eigenvalue weighted by Crippen LogP contribution is 2.06. The maximum Gasteiger partial charge on any atom is 0.407 e. The molecule has 0 spiro atoms. The fourth-order valence-corrected chi connectivity index (χ4v) is 1.32. The van der Waals surface area contributed by atoms with Crippen molar-refractivity contribution in [2.75, 3.05) is 6.54 Å². The van der Waals surface area contributed by atoms with Crippen LogP contribution in [0.3, 0.4) is 0 Å². The molecular formula is C14H21N3O4. The van der Waals surface area contributed by atoms with Gasteiger partial charge in [0, 0.05) is 19.2 Å². The number of alkyl carbamates (subject to hydrolysis) is 1. The average Bonchev–Trinajstić information content (AvgIpc) is 2.38. The zero-order valence-electron chi connectivity index (χ0n) is 12.5. The Morgan fingerprint density at radius 2 is 2.05 bits per heavy atom.